The van der Waals surface area contributed by atoms with E-state index in [1.54, 1.807) is 24.3 Å². The summed E-state index contributed by atoms with van der Waals surface area (Å²) in [6, 6.07) is 19.6. The molecule has 0 bridgehead atoms. The zero-order valence-corrected chi connectivity index (χ0v) is 17.9. The van der Waals surface area contributed by atoms with Gasteiger partial charge >= 0.3 is 0 Å². The number of carbonyl (C=O) groups excluding carboxylic acids is 1. The summed E-state index contributed by atoms with van der Waals surface area (Å²) in [7, 11) is 4.10. The Bertz CT molecular complexity index is 1110. The van der Waals surface area contributed by atoms with Crippen LogP contribution in [0.3, 0.4) is 0 Å². The molecule has 2 N–H and O–H groups in total. The van der Waals surface area contributed by atoms with Crippen molar-refractivity contribution in [3.05, 3.63) is 65.7 Å². The highest BCUT2D eigenvalue weighted by molar-refractivity contribution is 5.94. The number of aromatic nitrogens is 1. The molecule has 0 saturated heterocycles. The number of amides is 1. The topological polar surface area (TPSA) is 81.0 Å². The smallest absolute Gasteiger partial charge is 0.251 e. The Labute approximate surface area is 182 Å². The number of anilines is 2. The van der Waals surface area contributed by atoms with Gasteiger partial charge in [0.1, 0.15) is 5.82 Å². The Morgan fingerprint density at radius 1 is 1.03 bits per heavy atom. The molecule has 1 heterocycles. The van der Waals surface area contributed by atoms with Gasteiger partial charge in [0.05, 0.1) is 17.1 Å². The quantitative estimate of drug-likeness (QED) is 0.651. The Balaban J connectivity index is 1.36. The minimum Gasteiger partial charge on any atom is -0.377 e. The lowest BCUT2D eigenvalue weighted by Crippen LogP contribution is -2.40. The van der Waals surface area contributed by atoms with E-state index >= 15 is 0 Å². The molecule has 1 fully saturated rings. The van der Waals surface area contributed by atoms with Gasteiger partial charge in [-0.3, -0.25) is 4.79 Å². The second-order valence-electron chi connectivity index (χ2n) is 8.29. The zero-order valence-electron chi connectivity index (χ0n) is 17.9. The van der Waals surface area contributed by atoms with Crippen LogP contribution >= 0.6 is 0 Å². The van der Waals surface area contributed by atoms with Gasteiger partial charge in [-0.05, 0) is 56.0 Å². The van der Waals surface area contributed by atoms with Crippen molar-refractivity contribution in [1.29, 1.82) is 5.26 Å². The Morgan fingerprint density at radius 2 is 1.71 bits per heavy atom. The third-order valence-corrected chi connectivity index (χ3v) is 5.87. The van der Waals surface area contributed by atoms with Crippen molar-refractivity contribution in [3.63, 3.8) is 0 Å². The maximum absolute atomic E-state index is 12.5. The Morgan fingerprint density at radius 3 is 2.39 bits per heavy atom. The van der Waals surface area contributed by atoms with Gasteiger partial charge < -0.3 is 15.5 Å². The molecule has 6 nitrogen and oxygen atoms in total. The van der Waals surface area contributed by atoms with E-state index in [0.717, 1.165) is 48.1 Å². The molecular weight excluding hydrogens is 386 g/mol. The molecule has 0 spiro atoms. The first-order valence-corrected chi connectivity index (χ1v) is 10.7. The number of pyridine rings is 1. The van der Waals surface area contributed by atoms with Crippen LogP contribution in [0.5, 0.6) is 0 Å². The molecule has 0 atom stereocenters. The van der Waals surface area contributed by atoms with E-state index in [0.29, 0.717) is 17.2 Å². The maximum atomic E-state index is 12.5. The highest BCUT2D eigenvalue weighted by Gasteiger charge is 2.23. The predicted molar refractivity (Wildman–Crippen MR) is 124 cm³/mol. The minimum atomic E-state index is -0.0762. The van der Waals surface area contributed by atoms with Crippen LogP contribution in [0, 0.1) is 11.3 Å². The zero-order chi connectivity index (χ0) is 21.8. The summed E-state index contributed by atoms with van der Waals surface area (Å²) in [5.41, 5.74) is 3.29. The average Bonchev–Trinajstić information content (AvgIpc) is 2.79. The van der Waals surface area contributed by atoms with Crippen molar-refractivity contribution in [2.24, 2.45) is 0 Å². The fraction of sp³-hybridized carbons (Fsp3) is 0.320. The number of hydrogen-bond acceptors (Lipinski definition) is 5. The highest BCUT2D eigenvalue weighted by Crippen LogP contribution is 2.29. The summed E-state index contributed by atoms with van der Waals surface area (Å²) >= 11 is 0. The fourth-order valence-electron chi connectivity index (χ4n) is 4.16. The molecular formula is C25H27N5O. The lowest BCUT2D eigenvalue weighted by Gasteiger charge is -2.30. The van der Waals surface area contributed by atoms with Crippen LogP contribution < -0.4 is 15.5 Å². The largest absolute Gasteiger partial charge is 0.377 e. The minimum absolute atomic E-state index is 0.0762. The van der Waals surface area contributed by atoms with Crippen LogP contribution in [0.15, 0.2) is 54.6 Å². The predicted octanol–water partition coefficient (Wildman–Crippen LogP) is 4.33. The van der Waals surface area contributed by atoms with Crippen LogP contribution in [0.4, 0.5) is 11.5 Å². The molecule has 1 saturated carbocycles. The third-order valence-electron chi connectivity index (χ3n) is 5.87. The van der Waals surface area contributed by atoms with E-state index in [-0.39, 0.29) is 11.9 Å². The van der Waals surface area contributed by atoms with Gasteiger partial charge in [-0.25, -0.2) is 4.98 Å². The molecule has 0 aliphatic heterocycles. The van der Waals surface area contributed by atoms with Crippen molar-refractivity contribution in [2.75, 3.05) is 24.3 Å². The van der Waals surface area contributed by atoms with Crippen LogP contribution in [-0.2, 0) is 0 Å². The maximum Gasteiger partial charge on any atom is 0.251 e. The summed E-state index contributed by atoms with van der Waals surface area (Å²) in [5.74, 6) is 0.820. The molecule has 4 rings (SSSR count). The van der Waals surface area contributed by atoms with E-state index in [4.69, 9.17) is 10.2 Å². The molecule has 1 aliphatic rings. The lowest BCUT2D eigenvalue weighted by molar-refractivity contribution is 0.0926. The number of carbonyl (C=O) groups is 1. The van der Waals surface area contributed by atoms with E-state index in [1.165, 1.54) is 0 Å². The van der Waals surface area contributed by atoms with Crippen LogP contribution in [-0.4, -0.2) is 37.1 Å². The number of nitriles is 1. The fourth-order valence-corrected chi connectivity index (χ4v) is 4.16. The average molecular weight is 414 g/mol. The lowest BCUT2D eigenvalue weighted by atomic mass is 9.91. The van der Waals surface area contributed by atoms with Gasteiger partial charge in [-0.15, -0.1) is 0 Å². The van der Waals surface area contributed by atoms with Gasteiger partial charge in [-0.1, -0.05) is 18.2 Å². The molecule has 3 aromatic rings. The molecule has 0 radical (unpaired) electrons. The summed E-state index contributed by atoms with van der Waals surface area (Å²) < 4.78 is 0. The van der Waals surface area contributed by atoms with Crippen molar-refractivity contribution in [2.45, 2.75) is 37.8 Å². The molecule has 158 valence electrons. The van der Waals surface area contributed by atoms with Gasteiger partial charge in [0, 0.05) is 48.9 Å². The molecule has 31 heavy (non-hydrogen) atoms. The second kappa shape index (κ2) is 9.05. The van der Waals surface area contributed by atoms with Crippen molar-refractivity contribution in [1.82, 2.24) is 10.3 Å². The second-order valence-corrected chi connectivity index (χ2v) is 8.29. The molecule has 6 heteroatoms. The molecule has 0 unspecified atom stereocenters. The first-order chi connectivity index (χ1) is 15.0. The van der Waals surface area contributed by atoms with Gasteiger partial charge in [-0.2, -0.15) is 5.26 Å². The van der Waals surface area contributed by atoms with Gasteiger partial charge in [0.2, 0.25) is 0 Å². The molecule has 1 amide bonds. The number of fused-ring (bicyclic) bond motifs is 1. The summed E-state index contributed by atoms with van der Waals surface area (Å²) in [5, 5.41) is 16.8. The molecule has 2 aromatic carbocycles. The standard InChI is InChI=1S/C25H27N5O/c1-30(2)23-15-24(29-22-6-4-3-5-21(22)23)27-19-11-13-20(14-12-19)28-25(31)18-9-7-17(16-26)8-10-18/h3-10,15,19-20H,11-14H2,1-2H3,(H,27,29)(H,28,31)/t19-,20+. The number of para-hydroxylation sites is 1. The van der Waals surface area contributed by atoms with Crippen LogP contribution in [0.2, 0.25) is 0 Å². The SMILES string of the molecule is CN(C)c1cc(N[C@H]2CC[C@@H](NC(=O)c3ccc(C#N)cc3)CC2)nc2ccccc12. The third kappa shape index (κ3) is 4.77. The number of rotatable bonds is 5. The van der Waals surface area contributed by atoms with Crippen LogP contribution in [0.25, 0.3) is 10.9 Å². The van der Waals surface area contributed by atoms with Gasteiger partial charge in [0.15, 0.2) is 0 Å². The van der Waals surface area contributed by atoms with Crippen molar-refractivity contribution in [3.8, 4) is 6.07 Å². The van der Waals surface area contributed by atoms with E-state index < -0.39 is 0 Å². The van der Waals surface area contributed by atoms with Crippen LogP contribution in [0.1, 0.15) is 41.6 Å². The summed E-state index contributed by atoms with van der Waals surface area (Å²) in [6.45, 7) is 0. The van der Waals surface area contributed by atoms with E-state index in [9.17, 15) is 4.79 Å². The number of hydrogen-bond donors (Lipinski definition) is 2. The first-order valence-electron chi connectivity index (χ1n) is 10.7. The normalized spacial score (nSPS) is 18.2. The molecule has 1 aliphatic carbocycles. The van der Waals surface area contributed by atoms with Crippen molar-refractivity contribution >= 4 is 28.3 Å². The van der Waals surface area contributed by atoms with E-state index in [1.807, 2.05) is 32.3 Å². The number of nitrogens with zero attached hydrogens (tertiary/aromatic N) is 3. The van der Waals surface area contributed by atoms with Gasteiger partial charge in [0.25, 0.3) is 5.91 Å². The summed E-state index contributed by atoms with van der Waals surface area (Å²) in [6.07, 6.45) is 3.80. The number of benzene rings is 2. The molecule has 1 aromatic heterocycles. The Kier molecular flexibility index (Phi) is 6.03. The first kappa shape index (κ1) is 20.7. The highest BCUT2D eigenvalue weighted by atomic mass is 16.1. The monoisotopic (exact) mass is 413 g/mol. The Hall–Kier alpha value is -3.59. The van der Waals surface area contributed by atoms with Crippen molar-refractivity contribution < 1.29 is 4.79 Å². The summed E-state index contributed by atoms with van der Waals surface area (Å²) in [4.78, 5) is 19.4. The van der Waals surface area contributed by atoms with E-state index in [2.05, 4.69) is 33.7 Å². The number of nitrogens with one attached hydrogen (secondary N) is 2.